The summed E-state index contributed by atoms with van der Waals surface area (Å²) in [5.74, 6) is 0.416. The number of hydrogen-bond acceptors (Lipinski definition) is 4. The fourth-order valence-electron chi connectivity index (χ4n) is 3.16. The van der Waals surface area contributed by atoms with Gasteiger partial charge in [-0.3, -0.25) is 0 Å². The topological polar surface area (TPSA) is 58.7 Å². The van der Waals surface area contributed by atoms with Crippen LogP contribution < -0.4 is 5.73 Å². The molecular formula is C13H26N2O2. The van der Waals surface area contributed by atoms with E-state index in [9.17, 15) is 5.11 Å². The Morgan fingerprint density at radius 3 is 2.76 bits per heavy atom. The highest BCUT2D eigenvalue weighted by atomic mass is 16.5. The van der Waals surface area contributed by atoms with Crippen LogP contribution in [0.4, 0.5) is 0 Å². The Labute approximate surface area is 104 Å². The van der Waals surface area contributed by atoms with Crippen LogP contribution in [0.25, 0.3) is 0 Å². The second kappa shape index (κ2) is 5.65. The molecule has 1 aliphatic carbocycles. The zero-order valence-electron chi connectivity index (χ0n) is 10.9. The third kappa shape index (κ3) is 3.65. The predicted molar refractivity (Wildman–Crippen MR) is 67.8 cm³/mol. The van der Waals surface area contributed by atoms with Crippen LogP contribution in [0.15, 0.2) is 0 Å². The first-order valence-electron chi connectivity index (χ1n) is 6.83. The van der Waals surface area contributed by atoms with E-state index in [1.165, 1.54) is 0 Å². The van der Waals surface area contributed by atoms with Gasteiger partial charge in [-0.1, -0.05) is 12.8 Å². The molecule has 4 heteroatoms. The zero-order chi connectivity index (χ0) is 12.3. The molecule has 2 rings (SSSR count). The largest absolute Gasteiger partial charge is 0.389 e. The summed E-state index contributed by atoms with van der Waals surface area (Å²) in [6.07, 6.45) is 5.19. The van der Waals surface area contributed by atoms with Crippen molar-refractivity contribution in [3.63, 3.8) is 0 Å². The van der Waals surface area contributed by atoms with Crippen molar-refractivity contribution >= 4 is 0 Å². The number of rotatable bonds is 4. The Bertz CT molecular complexity index is 242. The van der Waals surface area contributed by atoms with Crippen LogP contribution in [0.3, 0.4) is 0 Å². The van der Waals surface area contributed by atoms with E-state index in [4.69, 9.17) is 10.5 Å². The minimum Gasteiger partial charge on any atom is -0.389 e. The molecule has 0 aromatic rings. The Kier molecular flexibility index (Phi) is 4.42. The summed E-state index contributed by atoms with van der Waals surface area (Å²) in [5, 5.41) is 10.4. The first kappa shape index (κ1) is 13.3. The lowest BCUT2D eigenvalue weighted by atomic mass is 9.95. The lowest BCUT2D eigenvalue weighted by Gasteiger charge is -2.35. The Hall–Kier alpha value is -0.160. The quantitative estimate of drug-likeness (QED) is 0.757. The number of ether oxygens (including phenoxy) is 1. The van der Waals surface area contributed by atoms with Gasteiger partial charge in [-0.15, -0.1) is 0 Å². The van der Waals surface area contributed by atoms with Gasteiger partial charge in [0.15, 0.2) is 0 Å². The standard InChI is InChI=1S/C13H26N2O2/c1-15(10-13(16)5-2-3-6-13)8-11-9-17-7-4-12(11)14/h11-12,16H,2-10,14H2,1H3. The van der Waals surface area contributed by atoms with Crippen molar-refractivity contribution in [3.05, 3.63) is 0 Å². The second-order valence-corrected chi connectivity index (χ2v) is 5.92. The van der Waals surface area contributed by atoms with E-state index in [1.54, 1.807) is 0 Å². The van der Waals surface area contributed by atoms with Crippen LogP contribution in [-0.4, -0.2) is 55.0 Å². The first-order valence-corrected chi connectivity index (χ1v) is 6.83. The average molecular weight is 242 g/mol. The van der Waals surface area contributed by atoms with E-state index in [0.29, 0.717) is 5.92 Å². The van der Waals surface area contributed by atoms with Crippen LogP contribution in [-0.2, 0) is 4.74 Å². The highest BCUT2D eigenvalue weighted by Crippen LogP contribution is 2.30. The molecule has 2 unspecified atom stereocenters. The second-order valence-electron chi connectivity index (χ2n) is 5.92. The molecule has 0 aromatic carbocycles. The van der Waals surface area contributed by atoms with E-state index in [0.717, 1.165) is 58.4 Å². The summed E-state index contributed by atoms with van der Waals surface area (Å²) in [6, 6.07) is 0.254. The number of nitrogens with two attached hydrogens (primary N) is 1. The maximum absolute atomic E-state index is 10.4. The normalized spacial score (nSPS) is 33.2. The van der Waals surface area contributed by atoms with Crippen molar-refractivity contribution < 1.29 is 9.84 Å². The number of likely N-dealkylation sites (N-methyl/N-ethyl adjacent to an activating group) is 1. The molecule has 1 aliphatic heterocycles. The summed E-state index contributed by atoms with van der Waals surface area (Å²) in [5.41, 5.74) is 5.65. The summed E-state index contributed by atoms with van der Waals surface area (Å²) in [4.78, 5) is 2.23. The molecule has 0 amide bonds. The predicted octanol–water partition coefficient (Wildman–Crippen LogP) is 0.587. The van der Waals surface area contributed by atoms with E-state index < -0.39 is 5.60 Å². The third-order valence-corrected chi connectivity index (χ3v) is 4.18. The molecule has 2 aliphatic rings. The van der Waals surface area contributed by atoms with Gasteiger partial charge in [0.2, 0.25) is 0 Å². The lowest BCUT2D eigenvalue weighted by molar-refractivity contribution is -0.00662. The molecule has 100 valence electrons. The molecule has 1 heterocycles. The fraction of sp³-hybridized carbons (Fsp3) is 1.00. The van der Waals surface area contributed by atoms with E-state index in [1.807, 2.05) is 0 Å². The van der Waals surface area contributed by atoms with Crippen molar-refractivity contribution in [2.24, 2.45) is 11.7 Å². The van der Waals surface area contributed by atoms with Gasteiger partial charge in [0.1, 0.15) is 0 Å². The van der Waals surface area contributed by atoms with Gasteiger partial charge < -0.3 is 20.5 Å². The van der Waals surface area contributed by atoms with Gasteiger partial charge in [-0.05, 0) is 26.3 Å². The molecule has 0 radical (unpaired) electrons. The minimum absolute atomic E-state index is 0.254. The summed E-state index contributed by atoms with van der Waals surface area (Å²) in [6.45, 7) is 3.27. The van der Waals surface area contributed by atoms with E-state index in [-0.39, 0.29) is 6.04 Å². The van der Waals surface area contributed by atoms with E-state index in [2.05, 4.69) is 11.9 Å². The minimum atomic E-state index is -0.450. The van der Waals surface area contributed by atoms with Gasteiger partial charge in [0.05, 0.1) is 12.2 Å². The van der Waals surface area contributed by atoms with Gasteiger partial charge in [-0.2, -0.15) is 0 Å². The van der Waals surface area contributed by atoms with E-state index >= 15 is 0 Å². The maximum Gasteiger partial charge on any atom is 0.0774 e. The lowest BCUT2D eigenvalue weighted by Crippen LogP contribution is -2.47. The molecule has 0 aromatic heterocycles. The van der Waals surface area contributed by atoms with Crippen molar-refractivity contribution in [2.45, 2.75) is 43.7 Å². The SMILES string of the molecule is CN(CC1COCCC1N)CC1(O)CCCC1. The molecule has 0 bridgehead atoms. The van der Waals surface area contributed by atoms with Crippen LogP contribution >= 0.6 is 0 Å². The first-order chi connectivity index (χ1) is 8.09. The maximum atomic E-state index is 10.4. The Morgan fingerprint density at radius 1 is 1.41 bits per heavy atom. The fourth-order valence-corrected chi connectivity index (χ4v) is 3.16. The monoisotopic (exact) mass is 242 g/mol. The smallest absolute Gasteiger partial charge is 0.0774 e. The van der Waals surface area contributed by atoms with Crippen LogP contribution in [0.5, 0.6) is 0 Å². The number of nitrogens with zero attached hydrogens (tertiary/aromatic N) is 1. The highest BCUT2D eigenvalue weighted by Gasteiger charge is 2.33. The van der Waals surface area contributed by atoms with Gasteiger partial charge in [0.25, 0.3) is 0 Å². The number of hydrogen-bond donors (Lipinski definition) is 2. The van der Waals surface area contributed by atoms with Crippen molar-refractivity contribution in [1.29, 1.82) is 0 Å². The molecule has 2 fully saturated rings. The van der Waals surface area contributed by atoms with Crippen LogP contribution in [0.1, 0.15) is 32.1 Å². The van der Waals surface area contributed by atoms with Crippen molar-refractivity contribution in [3.8, 4) is 0 Å². The zero-order valence-corrected chi connectivity index (χ0v) is 10.9. The summed E-state index contributed by atoms with van der Waals surface area (Å²) in [7, 11) is 2.08. The van der Waals surface area contributed by atoms with Gasteiger partial charge in [-0.25, -0.2) is 0 Å². The molecule has 1 saturated heterocycles. The Balaban J connectivity index is 1.77. The molecule has 1 saturated carbocycles. The number of aliphatic hydroxyl groups is 1. The van der Waals surface area contributed by atoms with Crippen molar-refractivity contribution in [2.75, 3.05) is 33.4 Å². The van der Waals surface area contributed by atoms with Gasteiger partial charge in [0, 0.05) is 31.7 Å². The average Bonchev–Trinajstić information content (AvgIpc) is 2.68. The van der Waals surface area contributed by atoms with Crippen LogP contribution in [0.2, 0.25) is 0 Å². The molecule has 0 spiro atoms. The van der Waals surface area contributed by atoms with Gasteiger partial charge >= 0.3 is 0 Å². The molecule has 2 atom stereocenters. The van der Waals surface area contributed by atoms with Crippen LogP contribution in [0, 0.1) is 5.92 Å². The van der Waals surface area contributed by atoms with Crippen molar-refractivity contribution in [1.82, 2.24) is 4.90 Å². The molecule has 4 nitrogen and oxygen atoms in total. The highest BCUT2D eigenvalue weighted by molar-refractivity contribution is 4.88. The molecular weight excluding hydrogens is 216 g/mol. The molecule has 3 N–H and O–H groups in total. The summed E-state index contributed by atoms with van der Waals surface area (Å²) >= 11 is 0. The Morgan fingerprint density at radius 2 is 2.12 bits per heavy atom. The third-order valence-electron chi connectivity index (χ3n) is 4.18. The summed E-state index contributed by atoms with van der Waals surface area (Å²) < 4.78 is 5.48. The molecule has 17 heavy (non-hydrogen) atoms.